The van der Waals surface area contributed by atoms with Crippen molar-refractivity contribution >= 4 is 29.4 Å². The molecule has 3 fully saturated rings. The molecule has 2 aliphatic heterocycles. The monoisotopic (exact) mass is 618 g/mol. The number of esters is 1. The molecule has 1 saturated carbocycles. The number of amides is 3. The zero-order valence-electron chi connectivity index (χ0n) is 26.5. The summed E-state index contributed by atoms with van der Waals surface area (Å²) in [6, 6.07) is 13.3. The number of rotatable bonds is 10. The first-order valence-corrected chi connectivity index (χ1v) is 16.3. The highest BCUT2D eigenvalue weighted by molar-refractivity contribution is 6.04. The van der Waals surface area contributed by atoms with E-state index in [1.54, 1.807) is 36.4 Å². The minimum atomic E-state index is -0.885. The average molecular weight is 619 g/mol. The Morgan fingerprint density at radius 1 is 0.956 bits per heavy atom. The number of unbranched alkanes of at least 4 members (excludes halogenated alkanes) is 1. The van der Waals surface area contributed by atoms with E-state index >= 15 is 0 Å². The van der Waals surface area contributed by atoms with Gasteiger partial charge in [-0.25, -0.2) is 4.79 Å². The molecular formula is C35H46N4O6. The summed E-state index contributed by atoms with van der Waals surface area (Å²) in [6.45, 7) is 4.65. The summed E-state index contributed by atoms with van der Waals surface area (Å²) in [6.07, 6.45) is 7.53. The van der Waals surface area contributed by atoms with Crippen molar-refractivity contribution in [3.63, 3.8) is 0 Å². The molecule has 242 valence electrons. The summed E-state index contributed by atoms with van der Waals surface area (Å²) in [5, 5.41) is 17.0. The van der Waals surface area contributed by atoms with Crippen LogP contribution in [0.1, 0.15) is 97.4 Å². The lowest BCUT2D eigenvalue weighted by Crippen LogP contribution is -2.73. The molecule has 2 heterocycles. The van der Waals surface area contributed by atoms with Crippen LogP contribution in [-0.4, -0.2) is 82.5 Å². The lowest BCUT2D eigenvalue weighted by Gasteiger charge is -2.52. The van der Waals surface area contributed by atoms with E-state index in [2.05, 4.69) is 22.5 Å². The van der Waals surface area contributed by atoms with Crippen molar-refractivity contribution in [3.8, 4) is 0 Å². The number of hydrogen-bond acceptors (Lipinski definition) is 7. The molecule has 2 aromatic rings. The van der Waals surface area contributed by atoms with Gasteiger partial charge in [0.15, 0.2) is 0 Å². The van der Waals surface area contributed by atoms with E-state index in [0.29, 0.717) is 68.7 Å². The van der Waals surface area contributed by atoms with Gasteiger partial charge in [-0.15, -0.1) is 0 Å². The number of carbonyl (C=O) groups excluding carboxylic acids is 4. The molecule has 1 atom stereocenters. The predicted molar refractivity (Wildman–Crippen MR) is 171 cm³/mol. The first-order chi connectivity index (χ1) is 21.7. The van der Waals surface area contributed by atoms with Crippen LogP contribution in [0.25, 0.3) is 0 Å². The number of piperidine rings is 1. The SMILES string of the molecule is CCCCN1C(=O)[C@@H](CC2(O)CCCCC2)NC(=O)C12CCN(Cc1ccc(C(=O)Nc3ccc(C(=O)OC)cc3)cc1)CC2. The van der Waals surface area contributed by atoms with Gasteiger partial charge in [0, 0.05) is 43.9 Å². The van der Waals surface area contributed by atoms with E-state index in [1.165, 1.54) is 7.11 Å². The van der Waals surface area contributed by atoms with Gasteiger partial charge in [-0.3, -0.25) is 19.3 Å². The third-order valence-corrected chi connectivity index (χ3v) is 9.78. The van der Waals surface area contributed by atoms with Gasteiger partial charge in [-0.1, -0.05) is 44.7 Å². The van der Waals surface area contributed by atoms with Crippen molar-refractivity contribution in [2.75, 3.05) is 32.1 Å². The molecule has 1 aliphatic carbocycles. The first kappa shape index (κ1) is 32.6. The van der Waals surface area contributed by atoms with Crippen LogP contribution >= 0.6 is 0 Å². The fourth-order valence-electron chi connectivity index (χ4n) is 7.06. The first-order valence-electron chi connectivity index (χ1n) is 16.3. The highest BCUT2D eigenvalue weighted by Crippen LogP contribution is 2.37. The molecule has 10 heteroatoms. The second-order valence-electron chi connectivity index (χ2n) is 12.9. The number of likely N-dealkylation sites (tertiary alicyclic amines) is 1. The highest BCUT2D eigenvalue weighted by atomic mass is 16.5. The lowest BCUT2D eigenvalue weighted by atomic mass is 9.77. The van der Waals surface area contributed by atoms with Gasteiger partial charge >= 0.3 is 5.97 Å². The maximum Gasteiger partial charge on any atom is 0.337 e. The van der Waals surface area contributed by atoms with E-state index in [4.69, 9.17) is 4.74 Å². The van der Waals surface area contributed by atoms with E-state index in [0.717, 1.165) is 37.7 Å². The number of hydrogen-bond donors (Lipinski definition) is 3. The molecule has 0 bridgehead atoms. The predicted octanol–water partition coefficient (Wildman–Crippen LogP) is 4.27. The van der Waals surface area contributed by atoms with Gasteiger partial charge < -0.3 is 25.4 Å². The Bertz CT molecular complexity index is 1360. The van der Waals surface area contributed by atoms with E-state index < -0.39 is 23.2 Å². The molecule has 3 amide bonds. The summed E-state index contributed by atoms with van der Waals surface area (Å²) in [5.74, 6) is -0.821. The third-order valence-electron chi connectivity index (χ3n) is 9.78. The minimum absolute atomic E-state index is 0.0521. The summed E-state index contributed by atoms with van der Waals surface area (Å²) in [4.78, 5) is 56.1. The molecule has 10 nitrogen and oxygen atoms in total. The molecule has 2 saturated heterocycles. The number of aliphatic hydroxyl groups is 1. The van der Waals surface area contributed by atoms with E-state index in [-0.39, 0.29) is 24.1 Å². The number of methoxy groups -OCH3 is 1. The minimum Gasteiger partial charge on any atom is -0.465 e. The van der Waals surface area contributed by atoms with Crippen molar-refractivity contribution < 1.29 is 29.0 Å². The van der Waals surface area contributed by atoms with Crippen molar-refractivity contribution in [3.05, 3.63) is 65.2 Å². The van der Waals surface area contributed by atoms with Gasteiger partial charge in [0.25, 0.3) is 5.91 Å². The Hall–Kier alpha value is -3.76. The molecule has 2 aromatic carbocycles. The smallest absolute Gasteiger partial charge is 0.337 e. The second-order valence-corrected chi connectivity index (χ2v) is 12.9. The summed E-state index contributed by atoms with van der Waals surface area (Å²) in [7, 11) is 1.32. The van der Waals surface area contributed by atoms with Crippen molar-refractivity contribution in [2.24, 2.45) is 0 Å². The Kier molecular flexibility index (Phi) is 10.2. The Morgan fingerprint density at radius 3 is 2.22 bits per heavy atom. The quantitative estimate of drug-likeness (QED) is 0.339. The van der Waals surface area contributed by atoms with Crippen LogP contribution in [0.3, 0.4) is 0 Å². The Balaban J connectivity index is 1.18. The topological polar surface area (TPSA) is 128 Å². The van der Waals surface area contributed by atoms with Crippen molar-refractivity contribution in [1.82, 2.24) is 15.1 Å². The Labute approximate surface area is 265 Å². The van der Waals surface area contributed by atoms with Crippen molar-refractivity contribution in [2.45, 2.75) is 94.9 Å². The molecule has 0 unspecified atom stereocenters. The standard InChI is InChI=1S/C35H46N4O6/c1-3-4-20-39-31(41)29(23-34(44)16-6-5-7-17-34)37-33(43)35(39)18-21-38(22-19-35)24-25-8-10-26(11-9-25)30(40)36-28-14-12-27(13-15-28)32(42)45-2/h8-15,29,44H,3-7,16-24H2,1-2H3,(H,36,40)(H,37,43)/t29-/m1/s1. The number of piperazine rings is 1. The Morgan fingerprint density at radius 2 is 1.60 bits per heavy atom. The van der Waals surface area contributed by atoms with Gasteiger partial charge in [-0.2, -0.15) is 0 Å². The van der Waals surface area contributed by atoms with Crippen LogP contribution in [0.2, 0.25) is 0 Å². The molecule has 0 radical (unpaired) electrons. The van der Waals surface area contributed by atoms with Gasteiger partial charge in [0.05, 0.1) is 18.3 Å². The number of carbonyl (C=O) groups is 4. The fourth-order valence-corrected chi connectivity index (χ4v) is 7.06. The molecule has 3 aliphatic rings. The maximum absolute atomic E-state index is 13.8. The normalized spacial score (nSPS) is 21.3. The second kappa shape index (κ2) is 14.1. The van der Waals surface area contributed by atoms with Gasteiger partial charge in [-0.05, 0) is 74.1 Å². The van der Waals surface area contributed by atoms with Crippen molar-refractivity contribution in [1.29, 1.82) is 0 Å². The molecule has 1 spiro atoms. The zero-order valence-corrected chi connectivity index (χ0v) is 26.5. The van der Waals surface area contributed by atoms with Gasteiger partial charge in [0.1, 0.15) is 11.6 Å². The number of nitrogens with one attached hydrogen (secondary N) is 2. The van der Waals surface area contributed by atoms with Crippen LogP contribution in [0, 0.1) is 0 Å². The van der Waals surface area contributed by atoms with Gasteiger partial charge in [0.2, 0.25) is 11.8 Å². The lowest BCUT2D eigenvalue weighted by molar-refractivity contribution is -0.163. The number of ether oxygens (including phenoxy) is 1. The largest absolute Gasteiger partial charge is 0.465 e. The van der Waals surface area contributed by atoms with Crippen LogP contribution in [0.15, 0.2) is 48.5 Å². The summed E-state index contributed by atoms with van der Waals surface area (Å²) >= 11 is 0. The number of nitrogens with zero attached hydrogens (tertiary/aromatic N) is 2. The van der Waals surface area contributed by atoms with Crippen LogP contribution < -0.4 is 10.6 Å². The molecule has 0 aromatic heterocycles. The highest BCUT2D eigenvalue weighted by Gasteiger charge is 2.54. The molecule has 3 N–H and O–H groups in total. The maximum atomic E-state index is 13.8. The van der Waals surface area contributed by atoms with Crippen LogP contribution in [-0.2, 0) is 20.9 Å². The average Bonchev–Trinajstić information content (AvgIpc) is 3.05. The molecular weight excluding hydrogens is 572 g/mol. The number of anilines is 1. The zero-order chi connectivity index (χ0) is 32.0. The number of benzene rings is 2. The molecule has 5 rings (SSSR count). The molecule has 45 heavy (non-hydrogen) atoms. The van der Waals surface area contributed by atoms with Crippen LogP contribution in [0.4, 0.5) is 5.69 Å². The van der Waals surface area contributed by atoms with E-state index in [9.17, 15) is 24.3 Å². The third kappa shape index (κ3) is 7.39. The fraction of sp³-hybridized carbons (Fsp3) is 0.543. The van der Waals surface area contributed by atoms with Crippen LogP contribution in [0.5, 0.6) is 0 Å². The summed E-state index contributed by atoms with van der Waals surface area (Å²) < 4.78 is 4.71. The van der Waals surface area contributed by atoms with E-state index in [1.807, 2.05) is 17.0 Å². The summed E-state index contributed by atoms with van der Waals surface area (Å²) in [5.41, 5.74) is 0.817.